The normalized spacial score (nSPS) is 10.1. The summed E-state index contributed by atoms with van der Waals surface area (Å²) in [6, 6.07) is 7.28. The van der Waals surface area contributed by atoms with E-state index in [0.717, 1.165) is 4.68 Å². The van der Waals surface area contributed by atoms with Gasteiger partial charge in [0.15, 0.2) is 0 Å². The second-order valence-corrected chi connectivity index (χ2v) is 3.73. The molecule has 1 aromatic carbocycles. The third-order valence-corrected chi connectivity index (χ3v) is 2.25. The van der Waals surface area contributed by atoms with Gasteiger partial charge in [-0.3, -0.25) is 4.79 Å². The van der Waals surface area contributed by atoms with Crippen molar-refractivity contribution in [1.29, 1.82) is 0 Å². The predicted octanol–water partition coefficient (Wildman–Crippen LogP) is 1.14. The van der Waals surface area contributed by atoms with E-state index in [1.807, 2.05) is 0 Å². The molecule has 0 aliphatic carbocycles. The van der Waals surface area contributed by atoms with Crippen LogP contribution in [0.5, 0.6) is 5.75 Å². The van der Waals surface area contributed by atoms with Crippen molar-refractivity contribution < 1.29 is 14.8 Å². The number of nitrogens with zero attached hydrogens (tertiary/aromatic N) is 3. The van der Waals surface area contributed by atoms with Crippen molar-refractivity contribution in [2.75, 3.05) is 5.32 Å². The van der Waals surface area contributed by atoms with Crippen LogP contribution >= 0.6 is 0 Å². The molecule has 0 unspecified atom stereocenters. The first-order chi connectivity index (χ1) is 9.04. The Hall–Kier alpha value is -2.90. The lowest BCUT2D eigenvalue weighted by atomic mass is 10.3. The Bertz CT molecular complexity index is 623. The number of aromatic nitrogens is 2. The van der Waals surface area contributed by atoms with Gasteiger partial charge in [-0.25, -0.2) is 0 Å². The molecule has 8 heteroatoms. The molecule has 0 radical (unpaired) electrons. The number of hydrogen-bond donors (Lipinski definition) is 2. The number of rotatable bonds is 4. The van der Waals surface area contributed by atoms with Crippen molar-refractivity contribution in [3.8, 4) is 5.75 Å². The first-order valence-electron chi connectivity index (χ1n) is 5.31. The van der Waals surface area contributed by atoms with E-state index in [4.69, 9.17) is 0 Å². The zero-order valence-corrected chi connectivity index (χ0v) is 9.68. The number of nitrogens with one attached hydrogen (secondary N) is 1. The average Bonchev–Trinajstić information content (AvgIpc) is 2.77. The molecule has 19 heavy (non-hydrogen) atoms. The Morgan fingerprint density at radius 1 is 1.47 bits per heavy atom. The maximum Gasteiger partial charge on any atom is 0.389 e. The molecule has 98 valence electrons. The minimum absolute atomic E-state index is 0.0347. The van der Waals surface area contributed by atoms with Crippen molar-refractivity contribution in [2.24, 2.45) is 0 Å². The second kappa shape index (κ2) is 5.17. The van der Waals surface area contributed by atoms with Crippen molar-refractivity contribution in [3.05, 3.63) is 46.6 Å². The molecule has 2 N–H and O–H groups in total. The van der Waals surface area contributed by atoms with E-state index in [2.05, 4.69) is 10.4 Å². The van der Waals surface area contributed by atoms with Gasteiger partial charge in [0.05, 0.1) is 17.4 Å². The Balaban J connectivity index is 1.99. The summed E-state index contributed by atoms with van der Waals surface area (Å²) in [5, 5.41) is 25.8. The van der Waals surface area contributed by atoms with Gasteiger partial charge >= 0.3 is 5.82 Å². The summed E-state index contributed by atoms with van der Waals surface area (Å²) < 4.78 is 1.16. The molecule has 0 saturated carbocycles. The van der Waals surface area contributed by atoms with E-state index in [0.29, 0.717) is 5.69 Å². The van der Waals surface area contributed by atoms with Crippen LogP contribution in [0, 0.1) is 10.1 Å². The highest BCUT2D eigenvalue weighted by atomic mass is 16.6. The van der Waals surface area contributed by atoms with Crippen LogP contribution in [0.1, 0.15) is 0 Å². The molecule has 1 heterocycles. The number of nitro groups is 1. The Labute approximate surface area is 107 Å². The summed E-state index contributed by atoms with van der Waals surface area (Å²) in [7, 11) is 0. The molecular weight excluding hydrogens is 252 g/mol. The van der Waals surface area contributed by atoms with Gasteiger partial charge in [0.1, 0.15) is 12.3 Å². The molecule has 0 bridgehead atoms. The average molecular weight is 262 g/mol. The van der Waals surface area contributed by atoms with Gasteiger partial charge in [-0.1, -0.05) is 6.07 Å². The largest absolute Gasteiger partial charge is 0.508 e. The lowest BCUT2D eigenvalue weighted by Crippen LogP contribution is -2.19. The molecule has 0 atom stereocenters. The van der Waals surface area contributed by atoms with E-state index in [9.17, 15) is 20.0 Å². The topological polar surface area (TPSA) is 110 Å². The summed E-state index contributed by atoms with van der Waals surface area (Å²) in [6.07, 6.45) is 1.35. The molecular formula is C11H10N4O4. The number of carbonyl (C=O) groups is 1. The van der Waals surface area contributed by atoms with E-state index >= 15 is 0 Å². The van der Waals surface area contributed by atoms with Crippen LogP contribution in [-0.4, -0.2) is 25.7 Å². The number of carbonyl (C=O) groups excluding carboxylic acids is 1. The highest BCUT2D eigenvalue weighted by Gasteiger charge is 2.13. The van der Waals surface area contributed by atoms with Gasteiger partial charge in [-0.05, 0) is 17.1 Å². The Morgan fingerprint density at radius 2 is 2.26 bits per heavy atom. The fourth-order valence-corrected chi connectivity index (χ4v) is 1.47. The number of aromatic hydroxyl groups is 1. The van der Waals surface area contributed by atoms with Crippen molar-refractivity contribution >= 4 is 17.4 Å². The number of benzene rings is 1. The standard InChI is InChI=1S/C11H10N4O4/c16-9-3-1-2-8(6-9)12-11(17)7-14-5-4-10(13-14)15(18)19/h1-6,16H,7H2,(H,12,17). The van der Waals surface area contributed by atoms with Crippen LogP contribution < -0.4 is 5.32 Å². The monoisotopic (exact) mass is 262 g/mol. The van der Waals surface area contributed by atoms with Crippen LogP contribution in [0.25, 0.3) is 0 Å². The van der Waals surface area contributed by atoms with Crippen LogP contribution in [0.15, 0.2) is 36.5 Å². The number of anilines is 1. The van der Waals surface area contributed by atoms with Crippen LogP contribution in [0.3, 0.4) is 0 Å². The summed E-state index contributed by atoms with van der Waals surface area (Å²) >= 11 is 0. The molecule has 0 aliphatic heterocycles. The first-order valence-corrected chi connectivity index (χ1v) is 5.31. The Morgan fingerprint density at radius 3 is 2.89 bits per heavy atom. The van der Waals surface area contributed by atoms with Gasteiger partial charge in [0.25, 0.3) is 0 Å². The zero-order valence-electron chi connectivity index (χ0n) is 9.68. The van der Waals surface area contributed by atoms with Crippen LogP contribution in [0.4, 0.5) is 11.5 Å². The SMILES string of the molecule is O=C(Cn1ccc([N+](=O)[O-])n1)Nc1cccc(O)c1. The van der Waals surface area contributed by atoms with Gasteiger partial charge < -0.3 is 20.5 Å². The number of hydrogen-bond acceptors (Lipinski definition) is 5. The number of phenols is 1. The highest BCUT2D eigenvalue weighted by Crippen LogP contribution is 2.15. The third-order valence-electron chi connectivity index (χ3n) is 2.25. The van der Waals surface area contributed by atoms with Crippen molar-refractivity contribution in [2.45, 2.75) is 6.54 Å². The summed E-state index contributed by atoms with van der Waals surface area (Å²) in [5.41, 5.74) is 0.437. The first kappa shape index (κ1) is 12.6. The molecule has 0 aliphatic rings. The van der Waals surface area contributed by atoms with E-state index in [1.54, 1.807) is 12.1 Å². The predicted molar refractivity (Wildman–Crippen MR) is 65.6 cm³/mol. The molecule has 2 rings (SSSR count). The second-order valence-electron chi connectivity index (χ2n) is 3.73. The molecule has 0 saturated heterocycles. The summed E-state index contributed by atoms with van der Waals surface area (Å²) in [6.45, 7) is -0.149. The molecule has 0 fully saturated rings. The molecule has 2 aromatic rings. The molecule has 8 nitrogen and oxygen atoms in total. The van der Waals surface area contributed by atoms with Gasteiger partial charge in [-0.15, -0.1) is 0 Å². The van der Waals surface area contributed by atoms with Gasteiger partial charge in [0.2, 0.25) is 5.91 Å². The van der Waals surface area contributed by atoms with Gasteiger partial charge in [-0.2, -0.15) is 4.68 Å². The van der Waals surface area contributed by atoms with E-state index < -0.39 is 10.8 Å². The third kappa shape index (κ3) is 3.28. The van der Waals surface area contributed by atoms with Crippen molar-refractivity contribution in [1.82, 2.24) is 9.78 Å². The maximum atomic E-state index is 11.6. The molecule has 1 aromatic heterocycles. The minimum Gasteiger partial charge on any atom is -0.508 e. The number of phenolic OH excluding ortho intramolecular Hbond substituents is 1. The van der Waals surface area contributed by atoms with Gasteiger partial charge in [0, 0.05) is 11.8 Å². The quantitative estimate of drug-likeness (QED) is 0.634. The maximum absolute atomic E-state index is 11.6. The van der Waals surface area contributed by atoms with Crippen molar-refractivity contribution in [3.63, 3.8) is 0 Å². The van der Waals surface area contributed by atoms with E-state index in [-0.39, 0.29) is 18.1 Å². The molecule has 0 spiro atoms. The highest BCUT2D eigenvalue weighted by molar-refractivity contribution is 5.90. The lowest BCUT2D eigenvalue weighted by molar-refractivity contribution is -0.389. The zero-order chi connectivity index (χ0) is 13.8. The van der Waals surface area contributed by atoms with E-state index in [1.165, 1.54) is 24.4 Å². The lowest BCUT2D eigenvalue weighted by Gasteiger charge is -2.03. The smallest absolute Gasteiger partial charge is 0.389 e. The van der Waals surface area contributed by atoms with Crippen LogP contribution in [0.2, 0.25) is 0 Å². The Kier molecular flexibility index (Phi) is 3.42. The summed E-state index contributed by atoms with van der Waals surface area (Å²) in [4.78, 5) is 21.4. The van der Waals surface area contributed by atoms with Crippen LogP contribution in [-0.2, 0) is 11.3 Å². The fourth-order valence-electron chi connectivity index (χ4n) is 1.47. The fraction of sp³-hybridized carbons (Fsp3) is 0.0909. The molecule has 1 amide bonds. The number of amides is 1. The summed E-state index contributed by atoms with van der Waals surface area (Å²) in [5.74, 6) is -0.679. The minimum atomic E-state index is -0.635.